The second kappa shape index (κ2) is 4.97. The molecular weight excluding hydrogens is 212 g/mol. The first-order valence-electron chi connectivity index (χ1n) is 7.16. The van der Waals surface area contributed by atoms with Gasteiger partial charge in [0, 0.05) is 12.6 Å². The van der Waals surface area contributed by atoms with Gasteiger partial charge in [0.05, 0.1) is 5.41 Å². The molecule has 2 aliphatic rings. The lowest BCUT2D eigenvalue weighted by Crippen LogP contribution is -2.50. The van der Waals surface area contributed by atoms with Crippen molar-refractivity contribution in [3.05, 3.63) is 0 Å². The van der Waals surface area contributed by atoms with Crippen LogP contribution in [0.4, 0.5) is 0 Å². The lowest BCUT2D eigenvalue weighted by atomic mass is 9.80. The van der Waals surface area contributed by atoms with Gasteiger partial charge in [-0.15, -0.1) is 0 Å². The van der Waals surface area contributed by atoms with Crippen LogP contribution in [0.15, 0.2) is 0 Å². The Labute approximate surface area is 105 Å². The molecule has 3 N–H and O–H groups in total. The Morgan fingerprint density at radius 3 is 2.41 bits per heavy atom. The number of fused-ring (bicyclic) bond motifs is 2. The number of carbonyl (C=O) groups excluding carboxylic acids is 1. The molecule has 2 aliphatic carbocycles. The van der Waals surface area contributed by atoms with E-state index in [2.05, 4.69) is 19.2 Å². The Balaban J connectivity index is 1.96. The molecule has 3 atom stereocenters. The molecule has 2 saturated carbocycles. The molecule has 0 spiro atoms. The Morgan fingerprint density at radius 1 is 1.29 bits per heavy atom. The molecule has 0 radical (unpaired) electrons. The number of hydrogen-bond donors (Lipinski definition) is 2. The van der Waals surface area contributed by atoms with Crippen molar-refractivity contribution in [2.75, 3.05) is 6.54 Å². The van der Waals surface area contributed by atoms with Crippen molar-refractivity contribution in [3.63, 3.8) is 0 Å². The Hall–Kier alpha value is -0.570. The van der Waals surface area contributed by atoms with E-state index in [1.807, 2.05) is 0 Å². The molecule has 0 heterocycles. The fraction of sp³-hybridized carbons (Fsp3) is 0.929. The Kier molecular flexibility index (Phi) is 3.76. The van der Waals surface area contributed by atoms with Gasteiger partial charge < -0.3 is 11.1 Å². The zero-order chi connectivity index (χ0) is 12.5. The van der Waals surface area contributed by atoms with E-state index in [9.17, 15) is 4.79 Å². The summed E-state index contributed by atoms with van der Waals surface area (Å²) in [6, 6.07) is 0.435. The van der Waals surface area contributed by atoms with Gasteiger partial charge in [-0.05, 0) is 43.9 Å². The van der Waals surface area contributed by atoms with E-state index in [-0.39, 0.29) is 11.3 Å². The van der Waals surface area contributed by atoms with Crippen LogP contribution in [0.2, 0.25) is 0 Å². The maximum absolute atomic E-state index is 12.4. The van der Waals surface area contributed by atoms with Gasteiger partial charge >= 0.3 is 0 Å². The van der Waals surface area contributed by atoms with Crippen molar-refractivity contribution in [2.24, 2.45) is 23.0 Å². The molecule has 2 rings (SSSR count). The van der Waals surface area contributed by atoms with E-state index in [4.69, 9.17) is 5.73 Å². The van der Waals surface area contributed by atoms with Gasteiger partial charge in [0.25, 0.3) is 0 Å². The first kappa shape index (κ1) is 12.9. The van der Waals surface area contributed by atoms with E-state index in [0.29, 0.717) is 12.6 Å². The molecule has 3 heteroatoms. The summed E-state index contributed by atoms with van der Waals surface area (Å²) in [5.41, 5.74) is 5.49. The predicted molar refractivity (Wildman–Crippen MR) is 69.4 cm³/mol. The molecule has 17 heavy (non-hydrogen) atoms. The molecule has 98 valence electrons. The second-order valence-corrected chi connectivity index (χ2v) is 5.95. The maximum Gasteiger partial charge on any atom is 0.227 e. The minimum atomic E-state index is -0.332. The van der Waals surface area contributed by atoms with Gasteiger partial charge in [-0.3, -0.25) is 4.79 Å². The van der Waals surface area contributed by atoms with Crippen LogP contribution < -0.4 is 11.1 Å². The summed E-state index contributed by atoms with van der Waals surface area (Å²) >= 11 is 0. The van der Waals surface area contributed by atoms with Crippen molar-refractivity contribution < 1.29 is 4.79 Å². The fourth-order valence-corrected chi connectivity index (χ4v) is 3.70. The lowest BCUT2D eigenvalue weighted by molar-refractivity contribution is -0.132. The minimum absolute atomic E-state index is 0.197. The van der Waals surface area contributed by atoms with Crippen LogP contribution >= 0.6 is 0 Å². The zero-order valence-electron chi connectivity index (χ0n) is 11.2. The van der Waals surface area contributed by atoms with E-state index >= 15 is 0 Å². The summed E-state index contributed by atoms with van der Waals surface area (Å²) in [6.45, 7) is 4.60. The van der Waals surface area contributed by atoms with Crippen LogP contribution in [0.5, 0.6) is 0 Å². The summed E-state index contributed by atoms with van der Waals surface area (Å²) in [5.74, 6) is 1.82. The van der Waals surface area contributed by atoms with E-state index in [0.717, 1.165) is 24.7 Å². The largest absolute Gasteiger partial charge is 0.353 e. The predicted octanol–water partition coefficient (Wildman–Crippen LogP) is 2.06. The smallest absolute Gasteiger partial charge is 0.227 e. The monoisotopic (exact) mass is 238 g/mol. The molecule has 3 unspecified atom stereocenters. The number of hydrogen-bond acceptors (Lipinski definition) is 2. The highest BCUT2D eigenvalue weighted by atomic mass is 16.2. The van der Waals surface area contributed by atoms with Crippen LogP contribution in [0.1, 0.15) is 52.4 Å². The van der Waals surface area contributed by atoms with E-state index < -0.39 is 0 Å². The maximum atomic E-state index is 12.4. The molecule has 1 amide bonds. The quantitative estimate of drug-likeness (QED) is 0.770. The summed E-state index contributed by atoms with van der Waals surface area (Å²) in [7, 11) is 0. The second-order valence-electron chi connectivity index (χ2n) is 5.95. The van der Waals surface area contributed by atoms with Gasteiger partial charge in [-0.2, -0.15) is 0 Å². The molecule has 2 fully saturated rings. The number of rotatable bonds is 5. The van der Waals surface area contributed by atoms with Crippen LogP contribution in [-0.4, -0.2) is 18.5 Å². The van der Waals surface area contributed by atoms with Gasteiger partial charge in [-0.25, -0.2) is 0 Å². The van der Waals surface area contributed by atoms with Crippen molar-refractivity contribution in [1.82, 2.24) is 5.32 Å². The highest BCUT2D eigenvalue weighted by Gasteiger charge is 2.42. The Morgan fingerprint density at radius 2 is 2.00 bits per heavy atom. The van der Waals surface area contributed by atoms with Crippen molar-refractivity contribution >= 4 is 5.91 Å². The van der Waals surface area contributed by atoms with Crippen molar-refractivity contribution in [1.29, 1.82) is 0 Å². The Bertz CT molecular complexity index is 278. The molecule has 0 aromatic carbocycles. The van der Waals surface area contributed by atoms with Crippen LogP contribution in [0.3, 0.4) is 0 Å². The van der Waals surface area contributed by atoms with Crippen LogP contribution in [-0.2, 0) is 4.79 Å². The molecule has 0 aliphatic heterocycles. The van der Waals surface area contributed by atoms with E-state index in [1.54, 1.807) is 0 Å². The lowest BCUT2D eigenvalue weighted by Gasteiger charge is -2.32. The third kappa shape index (κ3) is 2.22. The normalized spacial score (nSPS) is 31.8. The summed E-state index contributed by atoms with van der Waals surface area (Å²) in [5, 5.41) is 3.29. The third-order valence-electron chi connectivity index (χ3n) is 5.28. The first-order valence-corrected chi connectivity index (χ1v) is 7.16. The van der Waals surface area contributed by atoms with Gasteiger partial charge in [0.1, 0.15) is 0 Å². The molecule has 0 aromatic heterocycles. The van der Waals surface area contributed by atoms with Crippen molar-refractivity contribution in [3.8, 4) is 0 Å². The first-order chi connectivity index (χ1) is 8.15. The number of amides is 1. The van der Waals surface area contributed by atoms with Gasteiger partial charge in [0.2, 0.25) is 5.91 Å². The standard InChI is InChI=1S/C14H26N2O/c1-3-14(4-2,9-15)13(17)16-12-8-10-5-6-11(12)7-10/h10-12H,3-9,15H2,1-2H3,(H,16,17). The molecule has 0 saturated heterocycles. The summed E-state index contributed by atoms with van der Waals surface area (Å²) in [4.78, 5) is 12.4. The summed E-state index contributed by atoms with van der Waals surface area (Å²) < 4.78 is 0. The van der Waals surface area contributed by atoms with Gasteiger partial charge in [-0.1, -0.05) is 20.3 Å². The van der Waals surface area contributed by atoms with E-state index in [1.165, 1.54) is 25.7 Å². The zero-order valence-corrected chi connectivity index (χ0v) is 11.2. The highest BCUT2D eigenvalue weighted by molar-refractivity contribution is 5.83. The molecule has 3 nitrogen and oxygen atoms in total. The molecular formula is C14H26N2O. The SMILES string of the molecule is CCC(CC)(CN)C(=O)NC1CC2CCC1C2. The number of nitrogens with two attached hydrogens (primary N) is 1. The fourth-order valence-electron chi connectivity index (χ4n) is 3.70. The topological polar surface area (TPSA) is 55.1 Å². The minimum Gasteiger partial charge on any atom is -0.353 e. The number of nitrogens with one attached hydrogen (secondary N) is 1. The number of carbonyl (C=O) groups is 1. The molecule has 2 bridgehead atoms. The van der Waals surface area contributed by atoms with Crippen molar-refractivity contribution in [2.45, 2.75) is 58.4 Å². The van der Waals surface area contributed by atoms with Crippen LogP contribution in [0.25, 0.3) is 0 Å². The third-order valence-corrected chi connectivity index (χ3v) is 5.28. The summed E-state index contributed by atoms with van der Waals surface area (Å²) in [6.07, 6.45) is 6.90. The average Bonchev–Trinajstić information content (AvgIpc) is 2.94. The molecule has 0 aromatic rings. The average molecular weight is 238 g/mol. The van der Waals surface area contributed by atoms with Gasteiger partial charge in [0.15, 0.2) is 0 Å². The highest BCUT2D eigenvalue weighted by Crippen LogP contribution is 2.44. The van der Waals surface area contributed by atoms with Crippen LogP contribution in [0, 0.1) is 17.3 Å².